The Morgan fingerprint density at radius 1 is 1.21 bits per heavy atom. The van der Waals surface area contributed by atoms with E-state index in [1.54, 1.807) is 6.07 Å². The first-order valence-electron chi connectivity index (χ1n) is 6.25. The molecule has 6 nitrogen and oxygen atoms in total. The number of H-pyrrole nitrogens is 2. The smallest absolute Gasteiger partial charge is 0.314 e. The molecule has 1 aromatic carbocycles. The van der Waals surface area contributed by atoms with Crippen LogP contribution in [0.2, 0.25) is 0 Å². The molecule has 1 aliphatic rings. The minimum absolute atomic E-state index is 0.123. The molecule has 2 unspecified atom stereocenters. The summed E-state index contributed by atoms with van der Waals surface area (Å²) in [6, 6.07) is 5.33. The van der Waals surface area contributed by atoms with Crippen LogP contribution >= 0.6 is 0 Å². The highest BCUT2D eigenvalue weighted by Crippen LogP contribution is 2.27. The van der Waals surface area contributed by atoms with Crippen molar-refractivity contribution in [1.29, 1.82) is 0 Å². The third-order valence-corrected chi connectivity index (χ3v) is 3.60. The number of benzene rings is 1. The van der Waals surface area contributed by atoms with Crippen molar-refractivity contribution in [3.63, 3.8) is 0 Å². The predicted molar refractivity (Wildman–Crippen MR) is 71.0 cm³/mol. The summed E-state index contributed by atoms with van der Waals surface area (Å²) in [4.78, 5) is 27.6. The van der Waals surface area contributed by atoms with Crippen LogP contribution < -0.4 is 16.9 Å². The number of aromatic amines is 2. The summed E-state index contributed by atoms with van der Waals surface area (Å²) in [5.74, 6) is 0.298. The summed E-state index contributed by atoms with van der Waals surface area (Å²) < 4.78 is 5.34. The van der Waals surface area contributed by atoms with Gasteiger partial charge in [0.1, 0.15) is 0 Å². The molecule has 100 valence electrons. The number of rotatable bonds is 2. The molecule has 1 saturated heterocycles. The van der Waals surface area contributed by atoms with Gasteiger partial charge in [-0.2, -0.15) is 0 Å². The molecule has 0 radical (unpaired) electrons. The van der Waals surface area contributed by atoms with Gasteiger partial charge >= 0.3 is 11.1 Å². The van der Waals surface area contributed by atoms with E-state index >= 15 is 0 Å². The van der Waals surface area contributed by atoms with E-state index in [1.165, 1.54) is 0 Å². The number of hydrogen-bond donors (Lipinski definition) is 3. The van der Waals surface area contributed by atoms with Gasteiger partial charge in [0, 0.05) is 18.6 Å². The number of fused-ring (bicyclic) bond motifs is 1. The van der Waals surface area contributed by atoms with Crippen molar-refractivity contribution in [3.8, 4) is 0 Å². The Morgan fingerprint density at radius 3 is 2.63 bits per heavy atom. The van der Waals surface area contributed by atoms with Gasteiger partial charge in [-0.05, 0) is 24.1 Å². The number of aromatic nitrogens is 2. The van der Waals surface area contributed by atoms with E-state index in [1.807, 2.05) is 12.1 Å². The predicted octanol–water partition coefficient (Wildman–Crippen LogP) is 0.253. The molecule has 0 amide bonds. The van der Waals surface area contributed by atoms with Crippen molar-refractivity contribution < 1.29 is 4.74 Å². The zero-order valence-electron chi connectivity index (χ0n) is 10.3. The second-order valence-corrected chi connectivity index (χ2v) is 4.86. The summed E-state index contributed by atoms with van der Waals surface area (Å²) in [5.41, 5.74) is 7.05. The number of nitrogens with one attached hydrogen (secondary N) is 2. The summed E-state index contributed by atoms with van der Waals surface area (Å²) in [7, 11) is 0. The summed E-state index contributed by atoms with van der Waals surface area (Å²) in [5, 5.41) is 0. The van der Waals surface area contributed by atoms with Gasteiger partial charge in [0.15, 0.2) is 0 Å². The van der Waals surface area contributed by atoms with Crippen molar-refractivity contribution in [3.05, 3.63) is 44.5 Å². The zero-order chi connectivity index (χ0) is 13.4. The molecule has 1 aromatic heterocycles. The molecular formula is C13H15N3O3. The van der Waals surface area contributed by atoms with Crippen LogP contribution in [-0.4, -0.2) is 23.2 Å². The Morgan fingerprint density at radius 2 is 1.95 bits per heavy atom. The molecular weight excluding hydrogens is 246 g/mol. The van der Waals surface area contributed by atoms with Gasteiger partial charge in [0.25, 0.3) is 0 Å². The van der Waals surface area contributed by atoms with Gasteiger partial charge in [0.2, 0.25) is 0 Å². The minimum atomic E-state index is -0.651. The Kier molecular flexibility index (Phi) is 2.96. The molecule has 0 bridgehead atoms. The molecule has 0 aliphatic carbocycles. The van der Waals surface area contributed by atoms with Crippen LogP contribution in [0.5, 0.6) is 0 Å². The largest absolute Gasteiger partial charge is 0.381 e. The first kappa shape index (κ1) is 12.1. The van der Waals surface area contributed by atoms with Crippen LogP contribution in [0.3, 0.4) is 0 Å². The fraction of sp³-hybridized carbons (Fsp3) is 0.385. The first-order chi connectivity index (χ1) is 9.15. The van der Waals surface area contributed by atoms with Crippen LogP contribution in [0.15, 0.2) is 27.8 Å². The van der Waals surface area contributed by atoms with Gasteiger partial charge < -0.3 is 20.4 Å². The summed E-state index contributed by atoms with van der Waals surface area (Å²) >= 11 is 0. The monoisotopic (exact) mass is 261 g/mol. The first-order valence-corrected chi connectivity index (χ1v) is 6.25. The van der Waals surface area contributed by atoms with E-state index in [4.69, 9.17) is 10.5 Å². The molecule has 2 heterocycles. The van der Waals surface area contributed by atoms with Gasteiger partial charge in [-0.15, -0.1) is 0 Å². The standard InChI is InChI=1S/C13H15N3O3/c14-11(8-3-4-19-6-8)7-1-2-9-10(5-7)16-13(18)12(17)15-9/h1-2,5,8,11H,3-4,6,14H2,(H,15,17)(H,16,18). The third-order valence-electron chi connectivity index (χ3n) is 3.60. The van der Waals surface area contributed by atoms with E-state index < -0.39 is 11.1 Å². The number of hydrogen-bond acceptors (Lipinski definition) is 4. The molecule has 4 N–H and O–H groups in total. The zero-order valence-corrected chi connectivity index (χ0v) is 10.3. The fourth-order valence-electron chi connectivity index (χ4n) is 2.45. The Labute approximate surface area is 108 Å². The maximum absolute atomic E-state index is 11.3. The van der Waals surface area contributed by atoms with Crippen LogP contribution in [-0.2, 0) is 4.74 Å². The number of ether oxygens (including phenoxy) is 1. The molecule has 2 atom stereocenters. The second-order valence-electron chi connectivity index (χ2n) is 4.86. The summed E-state index contributed by atoms with van der Waals surface area (Å²) in [6.45, 7) is 1.41. The van der Waals surface area contributed by atoms with Crippen molar-refractivity contribution >= 4 is 11.0 Å². The summed E-state index contributed by atoms with van der Waals surface area (Å²) in [6.07, 6.45) is 0.946. The highest BCUT2D eigenvalue weighted by Gasteiger charge is 2.24. The second kappa shape index (κ2) is 4.64. The van der Waals surface area contributed by atoms with Gasteiger partial charge in [-0.3, -0.25) is 9.59 Å². The topological polar surface area (TPSA) is 101 Å². The third kappa shape index (κ3) is 2.20. The lowest BCUT2D eigenvalue weighted by Crippen LogP contribution is -2.29. The minimum Gasteiger partial charge on any atom is -0.381 e. The van der Waals surface area contributed by atoms with Crippen LogP contribution in [0.25, 0.3) is 11.0 Å². The average molecular weight is 261 g/mol. The van der Waals surface area contributed by atoms with Crippen molar-refractivity contribution in [2.24, 2.45) is 11.7 Å². The number of nitrogens with two attached hydrogens (primary N) is 1. The van der Waals surface area contributed by atoms with Gasteiger partial charge in [-0.25, -0.2) is 0 Å². The highest BCUT2D eigenvalue weighted by atomic mass is 16.5. The molecule has 0 spiro atoms. The lowest BCUT2D eigenvalue weighted by molar-refractivity contribution is 0.181. The lowest BCUT2D eigenvalue weighted by Gasteiger charge is -2.18. The van der Waals surface area contributed by atoms with Crippen molar-refractivity contribution in [2.75, 3.05) is 13.2 Å². The van der Waals surface area contributed by atoms with E-state index in [-0.39, 0.29) is 6.04 Å². The SMILES string of the molecule is NC(c1ccc2[nH]c(=O)c(=O)[nH]c2c1)C1CCOC1. The van der Waals surface area contributed by atoms with E-state index in [0.29, 0.717) is 23.6 Å². The Balaban J connectivity index is 2.03. The van der Waals surface area contributed by atoms with Crippen LogP contribution in [0, 0.1) is 5.92 Å². The Hall–Kier alpha value is -1.92. The highest BCUT2D eigenvalue weighted by molar-refractivity contribution is 5.74. The molecule has 0 saturated carbocycles. The average Bonchev–Trinajstić information content (AvgIpc) is 2.93. The van der Waals surface area contributed by atoms with Crippen LogP contribution in [0.1, 0.15) is 18.0 Å². The lowest BCUT2D eigenvalue weighted by atomic mass is 9.93. The van der Waals surface area contributed by atoms with Gasteiger partial charge in [0.05, 0.1) is 17.6 Å². The fourth-order valence-corrected chi connectivity index (χ4v) is 2.45. The maximum Gasteiger partial charge on any atom is 0.314 e. The molecule has 1 aliphatic heterocycles. The maximum atomic E-state index is 11.3. The van der Waals surface area contributed by atoms with Crippen LogP contribution in [0.4, 0.5) is 0 Å². The Bertz CT molecular complexity index is 713. The molecule has 19 heavy (non-hydrogen) atoms. The van der Waals surface area contributed by atoms with Crippen molar-refractivity contribution in [1.82, 2.24) is 9.97 Å². The van der Waals surface area contributed by atoms with Gasteiger partial charge in [-0.1, -0.05) is 6.07 Å². The van der Waals surface area contributed by atoms with E-state index in [0.717, 1.165) is 18.6 Å². The molecule has 1 fully saturated rings. The molecule has 3 rings (SSSR count). The normalized spacial score (nSPS) is 20.8. The molecule has 2 aromatic rings. The van der Waals surface area contributed by atoms with Crippen molar-refractivity contribution in [2.45, 2.75) is 12.5 Å². The van der Waals surface area contributed by atoms with E-state index in [2.05, 4.69) is 9.97 Å². The molecule has 6 heteroatoms. The van der Waals surface area contributed by atoms with E-state index in [9.17, 15) is 9.59 Å². The quantitative estimate of drug-likeness (QED) is 0.674.